The molecule has 0 aliphatic carbocycles. The molecule has 2 aromatic rings. The van der Waals surface area contributed by atoms with E-state index in [1.165, 1.54) is 12.3 Å². The van der Waals surface area contributed by atoms with Gasteiger partial charge >= 0.3 is 5.69 Å². The van der Waals surface area contributed by atoms with Gasteiger partial charge < -0.3 is 5.32 Å². The monoisotopic (exact) mass is 258 g/mol. The van der Waals surface area contributed by atoms with Crippen LogP contribution in [-0.4, -0.2) is 20.1 Å². The van der Waals surface area contributed by atoms with Crippen molar-refractivity contribution in [1.82, 2.24) is 15.2 Å². The first-order valence-corrected chi connectivity index (χ1v) is 5.42. The number of rotatable bonds is 4. The Kier molecular flexibility index (Phi) is 3.38. The molecule has 0 aromatic carbocycles. The standard InChI is InChI=1S/C11H10N6O2/c1-7(9-5-14-15-6-9)16-11-10(17(18)19)8(4-12)2-3-13-11/h2-3,5-7H,1H3,(H,13,16)(H,14,15). The molecule has 0 saturated heterocycles. The Morgan fingerprint density at radius 3 is 3.00 bits per heavy atom. The van der Waals surface area contributed by atoms with Gasteiger partial charge in [0.2, 0.25) is 5.82 Å². The van der Waals surface area contributed by atoms with Crippen LogP contribution in [0.2, 0.25) is 0 Å². The number of hydrogen-bond donors (Lipinski definition) is 2. The van der Waals surface area contributed by atoms with Crippen molar-refractivity contribution in [3.63, 3.8) is 0 Å². The van der Waals surface area contributed by atoms with E-state index in [2.05, 4.69) is 20.5 Å². The van der Waals surface area contributed by atoms with Gasteiger partial charge in [0, 0.05) is 18.0 Å². The number of H-pyrrole nitrogens is 1. The SMILES string of the molecule is CC(Nc1nccc(C#N)c1[N+](=O)[O-])c1cn[nH]c1. The number of pyridine rings is 1. The van der Waals surface area contributed by atoms with E-state index in [1.807, 2.05) is 6.92 Å². The summed E-state index contributed by atoms with van der Waals surface area (Å²) in [5.74, 6) is 0.0674. The highest BCUT2D eigenvalue weighted by molar-refractivity contribution is 5.64. The molecule has 19 heavy (non-hydrogen) atoms. The molecule has 0 radical (unpaired) electrons. The number of aromatic amines is 1. The molecule has 1 atom stereocenters. The summed E-state index contributed by atoms with van der Waals surface area (Å²) in [5.41, 5.74) is 0.487. The number of hydrogen-bond acceptors (Lipinski definition) is 6. The fraction of sp³-hybridized carbons (Fsp3) is 0.182. The van der Waals surface area contributed by atoms with Crippen LogP contribution in [0.4, 0.5) is 11.5 Å². The first-order chi connectivity index (χ1) is 9.13. The zero-order valence-electron chi connectivity index (χ0n) is 9.99. The van der Waals surface area contributed by atoms with Crippen molar-refractivity contribution in [3.05, 3.63) is 45.9 Å². The Morgan fingerprint density at radius 1 is 1.63 bits per heavy atom. The van der Waals surface area contributed by atoms with Gasteiger partial charge in [0.05, 0.1) is 17.2 Å². The van der Waals surface area contributed by atoms with Gasteiger partial charge in [-0.1, -0.05) is 0 Å². The normalized spacial score (nSPS) is 11.6. The van der Waals surface area contributed by atoms with Crippen LogP contribution in [0.5, 0.6) is 0 Å². The first-order valence-electron chi connectivity index (χ1n) is 5.42. The van der Waals surface area contributed by atoms with Gasteiger partial charge in [-0.05, 0) is 13.0 Å². The van der Waals surface area contributed by atoms with E-state index >= 15 is 0 Å². The summed E-state index contributed by atoms with van der Waals surface area (Å²) in [6.07, 6.45) is 4.64. The van der Waals surface area contributed by atoms with Gasteiger partial charge in [-0.2, -0.15) is 10.4 Å². The van der Waals surface area contributed by atoms with E-state index in [0.29, 0.717) is 0 Å². The average molecular weight is 258 g/mol. The van der Waals surface area contributed by atoms with Crippen LogP contribution in [0.25, 0.3) is 0 Å². The van der Waals surface area contributed by atoms with Crippen LogP contribution in [0.1, 0.15) is 24.1 Å². The first kappa shape index (κ1) is 12.5. The highest BCUT2D eigenvalue weighted by atomic mass is 16.6. The summed E-state index contributed by atoms with van der Waals surface area (Å²) in [6.45, 7) is 1.81. The minimum atomic E-state index is -0.615. The fourth-order valence-corrected chi connectivity index (χ4v) is 1.62. The number of anilines is 1. The van der Waals surface area contributed by atoms with Gasteiger partial charge in [-0.15, -0.1) is 0 Å². The second-order valence-electron chi connectivity index (χ2n) is 3.82. The van der Waals surface area contributed by atoms with Crippen LogP contribution >= 0.6 is 0 Å². The van der Waals surface area contributed by atoms with Gasteiger partial charge in [0.25, 0.3) is 0 Å². The van der Waals surface area contributed by atoms with Crippen molar-refractivity contribution in [2.24, 2.45) is 0 Å². The molecule has 0 bridgehead atoms. The quantitative estimate of drug-likeness (QED) is 0.636. The maximum absolute atomic E-state index is 11.0. The molecule has 0 aliphatic heterocycles. The topological polar surface area (TPSA) is 121 Å². The van der Waals surface area contributed by atoms with Crippen LogP contribution in [0.15, 0.2) is 24.7 Å². The highest BCUT2D eigenvalue weighted by Gasteiger charge is 2.22. The van der Waals surface area contributed by atoms with Crippen molar-refractivity contribution >= 4 is 11.5 Å². The Hall–Kier alpha value is -2.95. The fourth-order valence-electron chi connectivity index (χ4n) is 1.62. The number of aromatic nitrogens is 3. The Balaban J connectivity index is 2.35. The summed E-state index contributed by atoms with van der Waals surface area (Å²) in [6, 6.07) is 2.87. The van der Waals surface area contributed by atoms with E-state index in [0.717, 1.165) is 5.56 Å². The summed E-state index contributed by atoms with van der Waals surface area (Å²) in [5, 5.41) is 29.3. The molecule has 0 fully saturated rings. The lowest BCUT2D eigenvalue weighted by Gasteiger charge is -2.12. The van der Waals surface area contributed by atoms with Gasteiger partial charge in [0.15, 0.2) is 0 Å². The summed E-state index contributed by atoms with van der Waals surface area (Å²) in [7, 11) is 0. The largest absolute Gasteiger partial charge is 0.358 e. The van der Waals surface area contributed by atoms with Gasteiger partial charge in [-0.25, -0.2) is 4.98 Å². The smallest absolute Gasteiger partial charge is 0.328 e. The van der Waals surface area contributed by atoms with E-state index in [1.54, 1.807) is 18.5 Å². The second-order valence-corrected chi connectivity index (χ2v) is 3.82. The van der Waals surface area contributed by atoms with Crippen molar-refractivity contribution < 1.29 is 4.92 Å². The zero-order valence-corrected chi connectivity index (χ0v) is 9.99. The van der Waals surface area contributed by atoms with Gasteiger partial charge in [0.1, 0.15) is 11.6 Å². The van der Waals surface area contributed by atoms with Gasteiger partial charge in [-0.3, -0.25) is 15.2 Å². The Bertz CT molecular complexity index is 631. The summed E-state index contributed by atoms with van der Waals surface area (Å²) >= 11 is 0. The lowest BCUT2D eigenvalue weighted by atomic mass is 10.2. The maximum Gasteiger partial charge on any atom is 0.328 e. The molecule has 2 heterocycles. The van der Waals surface area contributed by atoms with Crippen molar-refractivity contribution in [3.8, 4) is 6.07 Å². The van der Waals surface area contributed by atoms with Crippen LogP contribution in [-0.2, 0) is 0 Å². The molecule has 8 heteroatoms. The number of nitrogens with zero attached hydrogens (tertiary/aromatic N) is 4. The second kappa shape index (κ2) is 5.14. The predicted molar refractivity (Wildman–Crippen MR) is 66.2 cm³/mol. The van der Waals surface area contributed by atoms with Crippen molar-refractivity contribution in [1.29, 1.82) is 5.26 Å². The average Bonchev–Trinajstić information content (AvgIpc) is 2.92. The van der Waals surface area contributed by atoms with E-state index in [9.17, 15) is 10.1 Å². The van der Waals surface area contributed by atoms with Crippen molar-refractivity contribution in [2.75, 3.05) is 5.32 Å². The van der Waals surface area contributed by atoms with E-state index in [4.69, 9.17) is 5.26 Å². The lowest BCUT2D eigenvalue weighted by molar-refractivity contribution is -0.384. The third-order valence-electron chi connectivity index (χ3n) is 2.60. The Morgan fingerprint density at radius 2 is 2.42 bits per heavy atom. The molecular formula is C11H10N6O2. The highest BCUT2D eigenvalue weighted by Crippen LogP contribution is 2.28. The molecule has 1 unspecified atom stereocenters. The van der Waals surface area contributed by atoms with Crippen LogP contribution in [0.3, 0.4) is 0 Å². The molecule has 2 aromatic heterocycles. The maximum atomic E-state index is 11.0. The number of nitrogens with one attached hydrogen (secondary N) is 2. The zero-order chi connectivity index (χ0) is 13.8. The molecule has 2 N–H and O–H groups in total. The predicted octanol–water partition coefficient (Wildman–Crippen LogP) is 1.76. The molecule has 8 nitrogen and oxygen atoms in total. The van der Waals surface area contributed by atoms with Crippen molar-refractivity contribution in [2.45, 2.75) is 13.0 Å². The minimum absolute atomic E-state index is 0.0260. The Labute approximate surface area is 108 Å². The lowest BCUT2D eigenvalue weighted by Crippen LogP contribution is -2.10. The summed E-state index contributed by atoms with van der Waals surface area (Å²) < 4.78 is 0. The number of nitro groups is 1. The number of nitriles is 1. The minimum Gasteiger partial charge on any atom is -0.358 e. The molecule has 96 valence electrons. The third-order valence-corrected chi connectivity index (χ3v) is 2.60. The molecule has 0 spiro atoms. The van der Waals surface area contributed by atoms with Crippen LogP contribution < -0.4 is 5.32 Å². The van der Waals surface area contributed by atoms with E-state index < -0.39 is 4.92 Å². The van der Waals surface area contributed by atoms with E-state index in [-0.39, 0.29) is 23.1 Å². The third kappa shape index (κ3) is 2.50. The molecule has 2 rings (SSSR count). The molecule has 0 saturated carbocycles. The molecule has 0 amide bonds. The molecular weight excluding hydrogens is 248 g/mol. The molecule has 0 aliphatic rings. The van der Waals surface area contributed by atoms with Crippen LogP contribution in [0, 0.1) is 21.4 Å². The summed E-state index contributed by atoms with van der Waals surface area (Å²) in [4.78, 5) is 14.3.